The normalized spacial score (nSPS) is 19.0. The van der Waals surface area contributed by atoms with Gasteiger partial charge in [0.25, 0.3) is 0 Å². The molecule has 0 saturated carbocycles. The van der Waals surface area contributed by atoms with Gasteiger partial charge in [-0.3, -0.25) is 4.79 Å². The number of aliphatic hydroxyl groups is 1. The maximum absolute atomic E-state index is 12.2. The third-order valence-corrected chi connectivity index (χ3v) is 5.86. The van der Waals surface area contributed by atoms with Crippen molar-refractivity contribution in [3.63, 3.8) is 0 Å². The lowest BCUT2D eigenvalue weighted by atomic mass is 9.88. The second-order valence-corrected chi connectivity index (χ2v) is 8.83. The summed E-state index contributed by atoms with van der Waals surface area (Å²) in [5, 5.41) is 13.7. The Hall–Kier alpha value is -2.38. The lowest BCUT2D eigenvalue weighted by molar-refractivity contribution is -0.122. The van der Waals surface area contributed by atoms with Gasteiger partial charge in [0.1, 0.15) is 11.4 Å². The second kappa shape index (κ2) is 7.70. The molecule has 1 amide bonds. The van der Waals surface area contributed by atoms with Gasteiger partial charge in [-0.2, -0.15) is 0 Å². The Morgan fingerprint density at radius 3 is 2.59 bits per heavy atom. The van der Waals surface area contributed by atoms with E-state index in [1.165, 1.54) is 0 Å². The fraction of sp³-hybridized carbons (Fsp3) is 0.350. The molecule has 2 N–H and O–H groups in total. The van der Waals surface area contributed by atoms with Crippen LogP contribution in [0.1, 0.15) is 24.0 Å². The van der Waals surface area contributed by atoms with E-state index in [4.69, 9.17) is 4.74 Å². The Balaban J connectivity index is 1.55. The molecule has 0 bridgehead atoms. The van der Waals surface area contributed by atoms with Crippen molar-refractivity contribution in [1.29, 1.82) is 0 Å². The predicted octanol–water partition coefficient (Wildman–Crippen LogP) is 1.81. The standard InChI is InChI=1S/C20H23NO5S/c1-27(24,25)16-9-6-15(7-10-16)8-11-19(22)21-14-20(23)12-13-26-18-5-3-2-4-17(18)20/h2-7,9-10,23H,8,11-14H2,1H3,(H,21,22)/t20-/m1/s1. The number of hydrogen-bond acceptors (Lipinski definition) is 5. The van der Waals surface area contributed by atoms with Gasteiger partial charge in [0.2, 0.25) is 5.91 Å². The number of amides is 1. The van der Waals surface area contributed by atoms with E-state index in [-0.39, 0.29) is 23.8 Å². The summed E-state index contributed by atoms with van der Waals surface area (Å²) in [7, 11) is -3.22. The summed E-state index contributed by atoms with van der Waals surface area (Å²) in [5.41, 5.74) is 0.433. The number of carbonyl (C=O) groups excluding carboxylic acids is 1. The van der Waals surface area contributed by atoms with Crippen LogP contribution in [0, 0.1) is 0 Å². The SMILES string of the molecule is CS(=O)(=O)c1ccc(CCC(=O)NC[C@]2(O)CCOc3ccccc32)cc1. The van der Waals surface area contributed by atoms with Gasteiger partial charge in [-0.1, -0.05) is 30.3 Å². The van der Waals surface area contributed by atoms with Crippen molar-refractivity contribution in [1.82, 2.24) is 5.32 Å². The number of para-hydroxylation sites is 1. The van der Waals surface area contributed by atoms with Crippen LogP contribution < -0.4 is 10.1 Å². The first-order valence-corrected chi connectivity index (χ1v) is 10.7. The number of benzene rings is 2. The molecule has 0 aromatic heterocycles. The second-order valence-electron chi connectivity index (χ2n) is 6.82. The zero-order valence-electron chi connectivity index (χ0n) is 15.1. The maximum atomic E-state index is 12.2. The smallest absolute Gasteiger partial charge is 0.220 e. The summed E-state index contributed by atoms with van der Waals surface area (Å²) in [6.45, 7) is 0.523. The molecule has 0 unspecified atom stereocenters. The van der Waals surface area contributed by atoms with Crippen molar-refractivity contribution in [3.8, 4) is 5.75 Å². The van der Waals surface area contributed by atoms with Crippen LogP contribution in [0.2, 0.25) is 0 Å². The van der Waals surface area contributed by atoms with E-state index < -0.39 is 15.4 Å². The molecule has 0 spiro atoms. The van der Waals surface area contributed by atoms with Crippen LogP contribution in [0.15, 0.2) is 53.4 Å². The quantitative estimate of drug-likeness (QED) is 0.786. The molecular weight excluding hydrogens is 366 g/mol. The highest BCUT2D eigenvalue weighted by Crippen LogP contribution is 2.36. The van der Waals surface area contributed by atoms with Gasteiger partial charge in [-0.15, -0.1) is 0 Å². The molecule has 0 radical (unpaired) electrons. The molecule has 0 aliphatic carbocycles. The topological polar surface area (TPSA) is 92.7 Å². The molecule has 27 heavy (non-hydrogen) atoms. The van der Waals surface area contributed by atoms with Crippen LogP contribution in [0.3, 0.4) is 0 Å². The highest BCUT2D eigenvalue weighted by molar-refractivity contribution is 7.90. The van der Waals surface area contributed by atoms with Crippen molar-refractivity contribution in [2.75, 3.05) is 19.4 Å². The lowest BCUT2D eigenvalue weighted by Crippen LogP contribution is -2.43. The summed E-state index contributed by atoms with van der Waals surface area (Å²) in [5.74, 6) is 0.478. The number of hydrogen-bond donors (Lipinski definition) is 2. The molecule has 6 nitrogen and oxygen atoms in total. The average Bonchev–Trinajstić information content (AvgIpc) is 2.65. The van der Waals surface area contributed by atoms with E-state index in [2.05, 4.69) is 5.32 Å². The minimum absolute atomic E-state index is 0.124. The Morgan fingerprint density at radius 1 is 1.19 bits per heavy atom. The zero-order chi connectivity index (χ0) is 19.5. The van der Waals surface area contributed by atoms with Crippen molar-refractivity contribution in [3.05, 3.63) is 59.7 Å². The first kappa shape index (κ1) is 19.4. The molecule has 1 aliphatic heterocycles. The zero-order valence-corrected chi connectivity index (χ0v) is 16.0. The molecule has 1 heterocycles. The van der Waals surface area contributed by atoms with Gasteiger partial charge in [0.05, 0.1) is 18.0 Å². The van der Waals surface area contributed by atoms with Gasteiger partial charge in [-0.05, 0) is 30.2 Å². The molecule has 2 aromatic carbocycles. The van der Waals surface area contributed by atoms with Crippen LogP contribution in [0.5, 0.6) is 5.75 Å². The van der Waals surface area contributed by atoms with Crippen molar-refractivity contribution in [2.45, 2.75) is 29.8 Å². The van der Waals surface area contributed by atoms with E-state index in [9.17, 15) is 18.3 Å². The molecule has 0 saturated heterocycles. The molecular formula is C20H23NO5S. The van der Waals surface area contributed by atoms with Gasteiger partial charge < -0.3 is 15.2 Å². The Bertz CT molecular complexity index is 924. The van der Waals surface area contributed by atoms with E-state index in [0.29, 0.717) is 30.8 Å². The van der Waals surface area contributed by atoms with Crippen LogP contribution in [-0.2, 0) is 26.7 Å². The third-order valence-electron chi connectivity index (χ3n) is 4.73. The summed E-state index contributed by atoms with van der Waals surface area (Å²) in [6.07, 6.45) is 2.33. The van der Waals surface area contributed by atoms with Crippen LogP contribution in [-0.4, -0.2) is 38.8 Å². The maximum Gasteiger partial charge on any atom is 0.220 e. The number of aryl methyl sites for hydroxylation is 1. The minimum Gasteiger partial charge on any atom is -0.493 e. The number of rotatable bonds is 6. The molecule has 1 aliphatic rings. The Morgan fingerprint density at radius 2 is 1.89 bits per heavy atom. The molecule has 2 aromatic rings. The van der Waals surface area contributed by atoms with Crippen molar-refractivity contribution < 1.29 is 23.1 Å². The number of nitrogens with one attached hydrogen (secondary N) is 1. The Labute approximate surface area is 159 Å². The fourth-order valence-corrected chi connectivity index (χ4v) is 3.75. The van der Waals surface area contributed by atoms with E-state index in [1.54, 1.807) is 30.3 Å². The van der Waals surface area contributed by atoms with Gasteiger partial charge in [0.15, 0.2) is 9.84 Å². The van der Waals surface area contributed by atoms with Crippen molar-refractivity contribution in [2.24, 2.45) is 0 Å². The van der Waals surface area contributed by atoms with Gasteiger partial charge >= 0.3 is 0 Å². The first-order chi connectivity index (χ1) is 12.8. The summed E-state index contributed by atoms with van der Waals surface area (Å²) < 4.78 is 28.5. The van der Waals surface area contributed by atoms with E-state index >= 15 is 0 Å². The minimum atomic E-state index is -3.22. The van der Waals surface area contributed by atoms with Crippen LogP contribution in [0.25, 0.3) is 0 Å². The van der Waals surface area contributed by atoms with Gasteiger partial charge in [-0.25, -0.2) is 8.42 Å². The lowest BCUT2D eigenvalue weighted by Gasteiger charge is -2.34. The third kappa shape index (κ3) is 4.67. The fourth-order valence-electron chi connectivity index (χ4n) is 3.12. The summed E-state index contributed by atoms with van der Waals surface area (Å²) >= 11 is 0. The molecule has 7 heteroatoms. The van der Waals surface area contributed by atoms with E-state index in [0.717, 1.165) is 11.8 Å². The largest absolute Gasteiger partial charge is 0.493 e. The first-order valence-electron chi connectivity index (χ1n) is 8.78. The molecule has 0 fully saturated rings. The average molecular weight is 389 g/mol. The predicted molar refractivity (Wildman–Crippen MR) is 101 cm³/mol. The van der Waals surface area contributed by atoms with Crippen LogP contribution >= 0.6 is 0 Å². The number of fused-ring (bicyclic) bond motifs is 1. The Kier molecular flexibility index (Phi) is 5.53. The number of carbonyl (C=O) groups is 1. The number of sulfone groups is 1. The highest BCUT2D eigenvalue weighted by Gasteiger charge is 2.35. The summed E-state index contributed by atoms with van der Waals surface area (Å²) in [6, 6.07) is 13.8. The number of ether oxygens (including phenoxy) is 1. The van der Waals surface area contributed by atoms with Crippen molar-refractivity contribution >= 4 is 15.7 Å². The summed E-state index contributed by atoms with van der Waals surface area (Å²) in [4.78, 5) is 12.5. The van der Waals surface area contributed by atoms with Crippen LogP contribution in [0.4, 0.5) is 0 Å². The highest BCUT2D eigenvalue weighted by atomic mass is 32.2. The van der Waals surface area contributed by atoms with E-state index in [1.807, 2.05) is 18.2 Å². The van der Waals surface area contributed by atoms with Gasteiger partial charge in [0, 0.05) is 24.7 Å². The molecule has 144 valence electrons. The monoisotopic (exact) mass is 389 g/mol. The molecule has 1 atom stereocenters. The molecule has 3 rings (SSSR count).